The predicted molar refractivity (Wildman–Crippen MR) is 86.8 cm³/mol. The van der Waals surface area contributed by atoms with E-state index in [0.717, 1.165) is 18.6 Å². The van der Waals surface area contributed by atoms with Gasteiger partial charge in [0.25, 0.3) is 6.08 Å². The molecule has 0 radical (unpaired) electrons. The molecule has 1 aromatic heterocycles. The Morgan fingerprint density at radius 3 is 2.70 bits per heavy atom. The molecule has 0 spiro atoms. The Labute approximate surface area is 139 Å². The standard InChI is InChI=1S/C16H22F2N2O2S/c1-4-5-6-9-23-16-19-10-13(12(3)20-16)15(21)22-8-7-11(2)14(17)18/h10H,4-9H2,1-3H3. The first-order valence-corrected chi connectivity index (χ1v) is 8.58. The molecule has 1 rings (SSSR count). The quantitative estimate of drug-likeness (QED) is 0.279. The SMILES string of the molecule is CCCCCSc1ncc(C(=O)OCCC(C)=C(F)F)c(C)n1. The van der Waals surface area contributed by atoms with Gasteiger partial charge in [-0.3, -0.25) is 0 Å². The van der Waals surface area contributed by atoms with E-state index in [2.05, 4.69) is 16.9 Å². The predicted octanol–water partition coefficient (Wildman–Crippen LogP) is 4.78. The maximum absolute atomic E-state index is 12.3. The number of aryl methyl sites for hydroxylation is 1. The molecule has 7 heteroatoms. The number of aromatic nitrogens is 2. The average Bonchev–Trinajstić information content (AvgIpc) is 2.51. The van der Waals surface area contributed by atoms with Crippen molar-refractivity contribution in [1.29, 1.82) is 0 Å². The molecule has 1 aromatic rings. The van der Waals surface area contributed by atoms with Gasteiger partial charge in [-0.05, 0) is 25.8 Å². The van der Waals surface area contributed by atoms with Crippen molar-refractivity contribution in [2.75, 3.05) is 12.4 Å². The molecule has 0 amide bonds. The minimum atomic E-state index is -1.73. The zero-order valence-electron chi connectivity index (χ0n) is 13.7. The van der Waals surface area contributed by atoms with E-state index in [1.807, 2.05) is 0 Å². The molecule has 0 saturated heterocycles. The van der Waals surface area contributed by atoms with E-state index in [1.54, 1.807) is 18.7 Å². The molecule has 0 aromatic carbocycles. The monoisotopic (exact) mass is 344 g/mol. The lowest BCUT2D eigenvalue weighted by atomic mass is 10.2. The Balaban J connectivity index is 2.53. The van der Waals surface area contributed by atoms with Crippen molar-refractivity contribution in [3.63, 3.8) is 0 Å². The summed E-state index contributed by atoms with van der Waals surface area (Å²) in [5.41, 5.74) is 0.724. The number of esters is 1. The largest absolute Gasteiger partial charge is 0.462 e. The number of nitrogens with zero attached hydrogens (tertiary/aromatic N) is 2. The lowest BCUT2D eigenvalue weighted by Gasteiger charge is -2.07. The van der Waals surface area contributed by atoms with E-state index in [4.69, 9.17) is 4.74 Å². The van der Waals surface area contributed by atoms with Crippen LogP contribution >= 0.6 is 11.8 Å². The fourth-order valence-corrected chi connectivity index (χ4v) is 2.56. The molecule has 0 unspecified atom stereocenters. The van der Waals surface area contributed by atoms with E-state index in [0.29, 0.717) is 10.9 Å². The van der Waals surface area contributed by atoms with Gasteiger partial charge in [0, 0.05) is 18.4 Å². The molecule has 23 heavy (non-hydrogen) atoms. The van der Waals surface area contributed by atoms with Crippen molar-refractivity contribution in [3.05, 3.63) is 29.1 Å². The molecule has 4 nitrogen and oxygen atoms in total. The number of ether oxygens (including phenoxy) is 1. The number of thioether (sulfide) groups is 1. The summed E-state index contributed by atoms with van der Waals surface area (Å²) in [5.74, 6) is 0.356. The third kappa shape index (κ3) is 7.07. The Morgan fingerprint density at radius 2 is 2.09 bits per heavy atom. The minimum Gasteiger partial charge on any atom is -0.462 e. The number of hydrogen-bond donors (Lipinski definition) is 0. The van der Waals surface area contributed by atoms with Crippen LogP contribution in [0.15, 0.2) is 23.0 Å². The van der Waals surface area contributed by atoms with Gasteiger partial charge in [-0.15, -0.1) is 0 Å². The van der Waals surface area contributed by atoms with Gasteiger partial charge in [-0.2, -0.15) is 8.78 Å². The fourth-order valence-electron chi connectivity index (χ4n) is 1.70. The van der Waals surface area contributed by atoms with Gasteiger partial charge in [0.15, 0.2) is 5.16 Å². The Hall–Kier alpha value is -1.50. The molecule has 0 saturated carbocycles. The van der Waals surface area contributed by atoms with Gasteiger partial charge >= 0.3 is 5.97 Å². The van der Waals surface area contributed by atoms with Crippen molar-refractivity contribution in [3.8, 4) is 0 Å². The van der Waals surface area contributed by atoms with Crippen LogP contribution in [0.25, 0.3) is 0 Å². The highest BCUT2D eigenvalue weighted by atomic mass is 32.2. The Morgan fingerprint density at radius 1 is 1.35 bits per heavy atom. The van der Waals surface area contributed by atoms with Gasteiger partial charge in [-0.25, -0.2) is 14.8 Å². The number of halogens is 2. The third-order valence-corrected chi connectivity index (χ3v) is 4.14. The van der Waals surface area contributed by atoms with Crippen molar-refractivity contribution in [1.82, 2.24) is 9.97 Å². The molecule has 0 aliphatic rings. The first-order chi connectivity index (χ1) is 11.0. The summed E-state index contributed by atoms with van der Waals surface area (Å²) in [5, 5.41) is 0.633. The fraction of sp³-hybridized carbons (Fsp3) is 0.562. The zero-order chi connectivity index (χ0) is 17.2. The van der Waals surface area contributed by atoms with Crippen LogP contribution in [-0.2, 0) is 4.74 Å². The van der Waals surface area contributed by atoms with E-state index in [-0.39, 0.29) is 24.2 Å². The summed E-state index contributed by atoms with van der Waals surface area (Å²) in [6.07, 6.45) is 3.15. The number of hydrogen-bond acceptors (Lipinski definition) is 5. The van der Waals surface area contributed by atoms with Crippen LogP contribution in [0.4, 0.5) is 8.78 Å². The van der Waals surface area contributed by atoms with Crippen molar-refractivity contribution >= 4 is 17.7 Å². The summed E-state index contributed by atoms with van der Waals surface area (Å²) in [6.45, 7) is 5.07. The molecule has 128 valence electrons. The second-order valence-corrected chi connectivity index (χ2v) is 6.20. The second-order valence-electron chi connectivity index (χ2n) is 5.13. The Kier molecular flexibility index (Phi) is 8.76. The molecule has 0 fully saturated rings. The summed E-state index contributed by atoms with van der Waals surface area (Å²) >= 11 is 1.56. The maximum atomic E-state index is 12.3. The van der Waals surface area contributed by atoms with Gasteiger partial charge < -0.3 is 4.74 Å². The number of rotatable bonds is 9. The smallest absolute Gasteiger partial charge is 0.341 e. The van der Waals surface area contributed by atoms with Crippen LogP contribution in [0.2, 0.25) is 0 Å². The topological polar surface area (TPSA) is 52.1 Å². The summed E-state index contributed by atoms with van der Waals surface area (Å²) in [6, 6.07) is 0. The molecule has 0 atom stereocenters. The molecular weight excluding hydrogens is 322 g/mol. The Bertz CT molecular complexity index is 561. The molecule has 0 aliphatic carbocycles. The lowest BCUT2D eigenvalue weighted by molar-refractivity contribution is 0.0505. The zero-order valence-corrected chi connectivity index (χ0v) is 14.5. The first kappa shape index (κ1) is 19.5. The normalized spacial score (nSPS) is 10.5. The average molecular weight is 344 g/mol. The number of unbranched alkanes of at least 4 members (excludes halogenated alkanes) is 2. The maximum Gasteiger partial charge on any atom is 0.341 e. The lowest BCUT2D eigenvalue weighted by Crippen LogP contribution is -2.10. The van der Waals surface area contributed by atoms with Gasteiger partial charge in [0.1, 0.15) is 0 Å². The number of carbonyl (C=O) groups is 1. The molecule has 0 N–H and O–H groups in total. The van der Waals surface area contributed by atoms with Crippen LogP contribution in [0.1, 0.15) is 55.6 Å². The highest BCUT2D eigenvalue weighted by Crippen LogP contribution is 2.17. The summed E-state index contributed by atoms with van der Waals surface area (Å²) in [7, 11) is 0. The second kappa shape index (κ2) is 10.3. The van der Waals surface area contributed by atoms with Crippen LogP contribution in [0, 0.1) is 6.92 Å². The van der Waals surface area contributed by atoms with Gasteiger partial charge in [0.05, 0.1) is 17.9 Å². The van der Waals surface area contributed by atoms with Gasteiger partial charge in [0.2, 0.25) is 0 Å². The summed E-state index contributed by atoms with van der Waals surface area (Å²) < 4.78 is 29.5. The third-order valence-electron chi connectivity index (χ3n) is 3.19. The van der Waals surface area contributed by atoms with E-state index in [9.17, 15) is 13.6 Å². The van der Waals surface area contributed by atoms with Crippen molar-refractivity contribution in [2.45, 2.75) is 51.6 Å². The number of carbonyl (C=O) groups excluding carboxylic acids is 1. The highest BCUT2D eigenvalue weighted by molar-refractivity contribution is 7.99. The molecule has 1 heterocycles. The first-order valence-electron chi connectivity index (χ1n) is 7.60. The van der Waals surface area contributed by atoms with Crippen molar-refractivity contribution in [2.24, 2.45) is 0 Å². The molecular formula is C16H22F2N2O2S. The highest BCUT2D eigenvalue weighted by Gasteiger charge is 2.14. The van der Waals surface area contributed by atoms with Crippen LogP contribution in [0.5, 0.6) is 0 Å². The van der Waals surface area contributed by atoms with Gasteiger partial charge in [-0.1, -0.05) is 31.5 Å². The minimum absolute atomic E-state index is 0.0132. The van der Waals surface area contributed by atoms with Crippen LogP contribution in [-0.4, -0.2) is 28.3 Å². The van der Waals surface area contributed by atoms with Crippen LogP contribution < -0.4 is 0 Å². The van der Waals surface area contributed by atoms with E-state index in [1.165, 1.54) is 19.5 Å². The molecule has 0 bridgehead atoms. The molecule has 0 aliphatic heterocycles. The van der Waals surface area contributed by atoms with E-state index < -0.39 is 12.0 Å². The van der Waals surface area contributed by atoms with Crippen molar-refractivity contribution < 1.29 is 18.3 Å². The van der Waals surface area contributed by atoms with E-state index >= 15 is 0 Å². The van der Waals surface area contributed by atoms with Crippen LogP contribution in [0.3, 0.4) is 0 Å². The summed E-state index contributed by atoms with van der Waals surface area (Å²) in [4.78, 5) is 20.4.